The normalized spacial score (nSPS) is 7.92. The molecule has 13 heavy (non-hydrogen) atoms. The van der Waals surface area contributed by atoms with Gasteiger partial charge in [0.15, 0.2) is 0 Å². The van der Waals surface area contributed by atoms with Crippen LogP contribution in [-0.2, 0) is 0 Å². The van der Waals surface area contributed by atoms with Gasteiger partial charge in [0.2, 0.25) is 0 Å². The van der Waals surface area contributed by atoms with Crippen molar-refractivity contribution in [1.29, 1.82) is 0 Å². The summed E-state index contributed by atoms with van der Waals surface area (Å²) in [6.07, 6.45) is 0. The summed E-state index contributed by atoms with van der Waals surface area (Å²) in [6.45, 7) is 8.41. The third-order valence-electron chi connectivity index (χ3n) is 1.47. The maximum absolute atomic E-state index is 4.50. The molecule has 1 heteroatoms. The zero-order chi connectivity index (χ0) is 10.7. The second kappa shape index (κ2) is 11.2. The second-order valence-corrected chi connectivity index (χ2v) is 2.57. The van der Waals surface area contributed by atoms with E-state index in [9.17, 15) is 0 Å². The molecule has 0 spiro atoms. The molecule has 76 valence electrons. The first-order valence-corrected chi connectivity index (χ1v) is 4.93. The van der Waals surface area contributed by atoms with Crippen molar-refractivity contribution >= 4 is 0 Å². The van der Waals surface area contributed by atoms with Gasteiger partial charge in [-0.2, -0.15) is 0 Å². The summed E-state index contributed by atoms with van der Waals surface area (Å²) in [5.41, 5.74) is 5.91. The van der Waals surface area contributed by atoms with Crippen LogP contribution in [0.5, 0.6) is 0 Å². The molecule has 0 aliphatic carbocycles. The van der Waals surface area contributed by atoms with Crippen LogP contribution in [0.15, 0.2) is 30.3 Å². The standard InChI is InChI=1S/C9H12.C2H6.CH5N/c1-8(2)9-6-4-3-5-7-9;2*1-2/h3-8H,1-2H3;1-2H3;2H2,1H3. The Kier molecular flexibility index (Phi) is 12.6. The lowest BCUT2D eigenvalue weighted by Crippen LogP contribution is -1.83. The van der Waals surface area contributed by atoms with Crippen molar-refractivity contribution in [1.82, 2.24) is 0 Å². The van der Waals surface area contributed by atoms with E-state index >= 15 is 0 Å². The van der Waals surface area contributed by atoms with Gasteiger partial charge in [0.1, 0.15) is 0 Å². The maximum atomic E-state index is 4.50. The van der Waals surface area contributed by atoms with Crippen LogP contribution in [0.2, 0.25) is 0 Å². The minimum absolute atomic E-state index is 0.659. The van der Waals surface area contributed by atoms with Crippen LogP contribution in [0.1, 0.15) is 39.2 Å². The minimum Gasteiger partial charge on any atom is -0.333 e. The zero-order valence-corrected chi connectivity index (χ0v) is 9.54. The molecule has 0 unspecified atom stereocenters. The van der Waals surface area contributed by atoms with E-state index in [2.05, 4.69) is 43.8 Å². The Bertz CT molecular complexity index is 168. The van der Waals surface area contributed by atoms with Gasteiger partial charge in [0.25, 0.3) is 0 Å². The Labute approximate surface area is 83.0 Å². The number of hydrogen-bond acceptors (Lipinski definition) is 1. The van der Waals surface area contributed by atoms with Crippen LogP contribution in [0.3, 0.4) is 0 Å². The van der Waals surface area contributed by atoms with Crippen molar-refractivity contribution in [2.75, 3.05) is 7.05 Å². The molecule has 0 radical (unpaired) electrons. The Balaban J connectivity index is 0. The Morgan fingerprint density at radius 2 is 1.31 bits per heavy atom. The third kappa shape index (κ3) is 7.54. The van der Waals surface area contributed by atoms with Crippen molar-refractivity contribution in [2.45, 2.75) is 33.6 Å². The van der Waals surface area contributed by atoms with Gasteiger partial charge in [0.05, 0.1) is 0 Å². The predicted octanol–water partition coefficient (Wildman–Crippen LogP) is 3.41. The molecule has 0 atom stereocenters. The fourth-order valence-electron chi connectivity index (χ4n) is 0.838. The first kappa shape index (κ1) is 14.7. The van der Waals surface area contributed by atoms with Crippen molar-refractivity contribution in [2.24, 2.45) is 5.73 Å². The van der Waals surface area contributed by atoms with Gasteiger partial charge < -0.3 is 5.73 Å². The van der Waals surface area contributed by atoms with E-state index in [0.29, 0.717) is 5.92 Å². The van der Waals surface area contributed by atoms with Crippen LogP contribution in [0.4, 0.5) is 0 Å². The van der Waals surface area contributed by atoms with Crippen molar-refractivity contribution in [3.05, 3.63) is 35.9 Å². The molecule has 0 heterocycles. The van der Waals surface area contributed by atoms with E-state index in [1.54, 1.807) is 0 Å². The molecule has 0 aliphatic heterocycles. The van der Waals surface area contributed by atoms with E-state index < -0.39 is 0 Å². The Morgan fingerprint density at radius 3 is 1.54 bits per heavy atom. The van der Waals surface area contributed by atoms with E-state index in [1.807, 2.05) is 19.9 Å². The van der Waals surface area contributed by atoms with E-state index in [1.165, 1.54) is 12.6 Å². The summed E-state index contributed by atoms with van der Waals surface area (Å²) < 4.78 is 0. The molecule has 0 saturated carbocycles. The Hall–Kier alpha value is -0.820. The summed E-state index contributed by atoms with van der Waals surface area (Å²) in [5, 5.41) is 0. The topological polar surface area (TPSA) is 26.0 Å². The van der Waals surface area contributed by atoms with E-state index in [0.717, 1.165) is 0 Å². The summed E-state index contributed by atoms with van der Waals surface area (Å²) in [6, 6.07) is 10.5. The first-order valence-electron chi connectivity index (χ1n) is 4.93. The second-order valence-electron chi connectivity index (χ2n) is 2.57. The Morgan fingerprint density at radius 1 is 0.923 bits per heavy atom. The molecule has 0 aliphatic rings. The highest BCUT2D eigenvalue weighted by atomic mass is 14.4. The molecule has 0 saturated heterocycles. The van der Waals surface area contributed by atoms with Gasteiger partial charge in [-0.05, 0) is 18.5 Å². The third-order valence-corrected chi connectivity index (χ3v) is 1.47. The highest BCUT2D eigenvalue weighted by Gasteiger charge is 1.93. The SMILES string of the molecule is CC.CC(C)c1ccccc1.CN. The van der Waals surface area contributed by atoms with Gasteiger partial charge in [-0.15, -0.1) is 0 Å². The average Bonchev–Trinajstić information content (AvgIpc) is 2.25. The first-order chi connectivity index (χ1) is 6.30. The molecule has 1 rings (SSSR count). The van der Waals surface area contributed by atoms with Crippen LogP contribution >= 0.6 is 0 Å². The predicted molar refractivity (Wildman–Crippen MR) is 62.0 cm³/mol. The lowest BCUT2D eigenvalue weighted by Gasteiger charge is -2.01. The molecule has 0 aromatic heterocycles. The summed E-state index contributed by atoms with van der Waals surface area (Å²) in [5.74, 6) is 0.659. The molecule has 1 aromatic rings. The molecular formula is C12H23N. The number of rotatable bonds is 1. The average molecular weight is 181 g/mol. The summed E-state index contributed by atoms with van der Waals surface area (Å²) >= 11 is 0. The molecule has 0 bridgehead atoms. The maximum Gasteiger partial charge on any atom is -0.0195 e. The fraction of sp³-hybridized carbons (Fsp3) is 0.500. The van der Waals surface area contributed by atoms with Gasteiger partial charge in [-0.25, -0.2) is 0 Å². The highest BCUT2D eigenvalue weighted by molar-refractivity contribution is 5.17. The quantitative estimate of drug-likeness (QED) is 0.706. The highest BCUT2D eigenvalue weighted by Crippen LogP contribution is 2.11. The van der Waals surface area contributed by atoms with E-state index in [-0.39, 0.29) is 0 Å². The molecule has 1 nitrogen and oxygen atoms in total. The number of benzene rings is 1. The smallest absolute Gasteiger partial charge is 0.0195 e. The lowest BCUT2D eigenvalue weighted by molar-refractivity contribution is 0.867. The molecule has 2 N–H and O–H groups in total. The molecule has 0 fully saturated rings. The number of hydrogen-bond donors (Lipinski definition) is 1. The van der Waals surface area contributed by atoms with Crippen LogP contribution in [-0.4, -0.2) is 7.05 Å². The monoisotopic (exact) mass is 181 g/mol. The van der Waals surface area contributed by atoms with Gasteiger partial charge in [-0.1, -0.05) is 58.0 Å². The van der Waals surface area contributed by atoms with Crippen molar-refractivity contribution < 1.29 is 0 Å². The fourth-order valence-corrected chi connectivity index (χ4v) is 0.838. The summed E-state index contributed by atoms with van der Waals surface area (Å²) in [7, 11) is 1.50. The van der Waals surface area contributed by atoms with Crippen LogP contribution in [0.25, 0.3) is 0 Å². The van der Waals surface area contributed by atoms with Crippen LogP contribution in [0, 0.1) is 0 Å². The zero-order valence-electron chi connectivity index (χ0n) is 9.54. The van der Waals surface area contributed by atoms with Gasteiger partial charge >= 0.3 is 0 Å². The van der Waals surface area contributed by atoms with Gasteiger partial charge in [0, 0.05) is 0 Å². The number of nitrogens with two attached hydrogens (primary N) is 1. The minimum atomic E-state index is 0.659. The lowest BCUT2D eigenvalue weighted by atomic mass is 10.0. The molecule has 0 amide bonds. The van der Waals surface area contributed by atoms with E-state index in [4.69, 9.17) is 0 Å². The molecule has 1 aromatic carbocycles. The summed E-state index contributed by atoms with van der Waals surface area (Å²) in [4.78, 5) is 0. The largest absolute Gasteiger partial charge is 0.333 e. The van der Waals surface area contributed by atoms with Gasteiger partial charge in [-0.3, -0.25) is 0 Å². The van der Waals surface area contributed by atoms with Crippen molar-refractivity contribution in [3.63, 3.8) is 0 Å². The molecular weight excluding hydrogens is 158 g/mol. The van der Waals surface area contributed by atoms with Crippen molar-refractivity contribution in [3.8, 4) is 0 Å². The van der Waals surface area contributed by atoms with Crippen LogP contribution < -0.4 is 5.73 Å².